The monoisotopic (exact) mass is 423 g/mol. The van der Waals surface area contributed by atoms with Crippen LogP contribution in [0.15, 0.2) is 55.0 Å². The number of aromatic nitrogens is 2. The van der Waals surface area contributed by atoms with Gasteiger partial charge in [-0.2, -0.15) is 0 Å². The van der Waals surface area contributed by atoms with E-state index < -0.39 is 11.8 Å². The Morgan fingerprint density at radius 2 is 1.94 bits per heavy atom. The summed E-state index contributed by atoms with van der Waals surface area (Å²) >= 11 is 0. The van der Waals surface area contributed by atoms with Crippen LogP contribution in [-0.4, -0.2) is 40.5 Å². The molecule has 3 rings (SSSR count). The number of rotatable bonds is 8. The lowest BCUT2D eigenvalue weighted by molar-refractivity contribution is -0.115. The molecule has 5 N–H and O–H groups in total. The normalized spacial score (nSPS) is 10.2. The minimum atomic E-state index is -0.538. The standard InChI is InChI=1S/C21H21N5O5/c1-30-15-5-2-13(3-6-15)11-31-18-7-4-14(8-17(18)27)21(29)24-10-19(28)26-16-9-23-12-25-20(16)22/h2-9,12,27H,10-11H2,1H3,(H,24,29)(H,26,28)(H2,22,23,25). The lowest BCUT2D eigenvalue weighted by Crippen LogP contribution is -2.33. The highest BCUT2D eigenvalue weighted by atomic mass is 16.5. The van der Waals surface area contributed by atoms with Gasteiger partial charge in [0.15, 0.2) is 17.3 Å². The van der Waals surface area contributed by atoms with Gasteiger partial charge in [0, 0.05) is 5.56 Å². The highest BCUT2D eigenvalue weighted by Crippen LogP contribution is 2.28. The summed E-state index contributed by atoms with van der Waals surface area (Å²) in [7, 11) is 1.59. The summed E-state index contributed by atoms with van der Waals surface area (Å²) in [5.41, 5.74) is 6.93. The van der Waals surface area contributed by atoms with Crippen molar-refractivity contribution in [3.05, 3.63) is 66.1 Å². The number of anilines is 2. The summed E-state index contributed by atoms with van der Waals surface area (Å²) in [5.74, 6) is -0.159. The molecule has 1 heterocycles. The molecular formula is C21H21N5O5. The van der Waals surface area contributed by atoms with Crippen molar-refractivity contribution < 1.29 is 24.2 Å². The molecule has 0 aliphatic carbocycles. The molecule has 0 radical (unpaired) electrons. The summed E-state index contributed by atoms with van der Waals surface area (Å²) < 4.78 is 10.7. The molecule has 3 aromatic rings. The molecule has 0 bridgehead atoms. The van der Waals surface area contributed by atoms with Gasteiger partial charge in [0.05, 0.1) is 19.9 Å². The molecular weight excluding hydrogens is 402 g/mol. The Labute approximate surface area is 178 Å². The average molecular weight is 423 g/mol. The second-order valence-electron chi connectivity index (χ2n) is 6.37. The van der Waals surface area contributed by atoms with Crippen LogP contribution in [0.5, 0.6) is 17.2 Å². The number of carbonyl (C=O) groups is 2. The number of amides is 2. The molecule has 2 amide bonds. The van der Waals surface area contributed by atoms with Gasteiger partial charge in [-0.1, -0.05) is 12.1 Å². The number of nitrogens with zero attached hydrogens (tertiary/aromatic N) is 2. The van der Waals surface area contributed by atoms with Gasteiger partial charge in [0.1, 0.15) is 24.4 Å². The van der Waals surface area contributed by atoms with Crippen LogP contribution in [0, 0.1) is 0 Å². The van der Waals surface area contributed by atoms with Crippen molar-refractivity contribution in [2.45, 2.75) is 6.61 Å². The fourth-order valence-corrected chi connectivity index (χ4v) is 2.56. The van der Waals surface area contributed by atoms with E-state index in [0.29, 0.717) is 0 Å². The highest BCUT2D eigenvalue weighted by molar-refractivity contribution is 6.00. The molecule has 0 aliphatic heterocycles. The zero-order chi connectivity index (χ0) is 22.2. The fraction of sp³-hybridized carbons (Fsp3) is 0.143. The first-order valence-electron chi connectivity index (χ1n) is 9.18. The molecule has 1 aromatic heterocycles. The molecule has 0 atom stereocenters. The smallest absolute Gasteiger partial charge is 0.251 e. The van der Waals surface area contributed by atoms with Gasteiger partial charge >= 0.3 is 0 Å². The predicted molar refractivity (Wildman–Crippen MR) is 113 cm³/mol. The summed E-state index contributed by atoms with van der Waals surface area (Å²) in [5, 5.41) is 15.1. The van der Waals surface area contributed by atoms with Crippen LogP contribution >= 0.6 is 0 Å². The van der Waals surface area contributed by atoms with Gasteiger partial charge in [-0.05, 0) is 35.9 Å². The van der Waals surface area contributed by atoms with Gasteiger partial charge in [0.2, 0.25) is 5.91 Å². The third kappa shape index (κ3) is 5.82. The third-order valence-corrected chi connectivity index (χ3v) is 4.20. The maximum absolute atomic E-state index is 12.3. The number of hydrogen-bond donors (Lipinski definition) is 4. The Bertz CT molecular complexity index is 1070. The van der Waals surface area contributed by atoms with Crippen LogP contribution < -0.4 is 25.8 Å². The van der Waals surface area contributed by atoms with Crippen LogP contribution in [0.3, 0.4) is 0 Å². The third-order valence-electron chi connectivity index (χ3n) is 4.20. The minimum absolute atomic E-state index is 0.116. The number of aromatic hydroxyl groups is 1. The van der Waals surface area contributed by atoms with E-state index >= 15 is 0 Å². The summed E-state index contributed by atoms with van der Waals surface area (Å²) in [6, 6.07) is 11.5. The molecule has 2 aromatic carbocycles. The number of hydrogen-bond acceptors (Lipinski definition) is 8. The van der Waals surface area contributed by atoms with E-state index in [1.165, 1.54) is 30.7 Å². The van der Waals surface area contributed by atoms with Gasteiger partial charge in [-0.3, -0.25) is 9.59 Å². The zero-order valence-electron chi connectivity index (χ0n) is 16.7. The Morgan fingerprint density at radius 1 is 1.16 bits per heavy atom. The Kier molecular flexibility index (Phi) is 6.84. The second-order valence-corrected chi connectivity index (χ2v) is 6.37. The average Bonchev–Trinajstić information content (AvgIpc) is 2.78. The number of ether oxygens (including phenoxy) is 2. The lowest BCUT2D eigenvalue weighted by Gasteiger charge is -2.11. The number of benzene rings is 2. The summed E-state index contributed by atoms with van der Waals surface area (Å²) in [4.78, 5) is 31.8. The summed E-state index contributed by atoms with van der Waals surface area (Å²) in [6.07, 6.45) is 2.61. The SMILES string of the molecule is COc1ccc(COc2ccc(C(=O)NCC(=O)Nc3cncnc3N)cc2O)cc1. The number of phenols is 1. The number of nitrogens with one attached hydrogen (secondary N) is 2. The topological polar surface area (TPSA) is 149 Å². The molecule has 0 spiro atoms. The Hall–Kier alpha value is -4.34. The van der Waals surface area contributed by atoms with Crippen LogP contribution in [-0.2, 0) is 11.4 Å². The van der Waals surface area contributed by atoms with Gasteiger partial charge in [0.25, 0.3) is 5.91 Å². The van der Waals surface area contributed by atoms with Crippen molar-refractivity contribution in [2.75, 3.05) is 24.7 Å². The first kappa shape index (κ1) is 21.4. The van der Waals surface area contributed by atoms with Crippen molar-refractivity contribution in [3.63, 3.8) is 0 Å². The fourth-order valence-electron chi connectivity index (χ4n) is 2.56. The van der Waals surface area contributed by atoms with Crippen molar-refractivity contribution in [3.8, 4) is 17.2 Å². The number of nitrogens with two attached hydrogens (primary N) is 1. The van der Waals surface area contributed by atoms with E-state index in [-0.39, 0.29) is 41.7 Å². The maximum atomic E-state index is 12.3. The lowest BCUT2D eigenvalue weighted by atomic mass is 10.2. The molecule has 160 valence electrons. The molecule has 0 saturated carbocycles. The number of methoxy groups -OCH3 is 1. The van der Waals surface area contributed by atoms with Crippen molar-refractivity contribution in [1.29, 1.82) is 0 Å². The molecule has 10 nitrogen and oxygen atoms in total. The van der Waals surface area contributed by atoms with Crippen LogP contribution in [0.1, 0.15) is 15.9 Å². The van der Waals surface area contributed by atoms with E-state index in [2.05, 4.69) is 20.6 Å². The zero-order valence-corrected chi connectivity index (χ0v) is 16.7. The molecule has 0 fully saturated rings. The van der Waals surface area contributed by atoms with Gasteiger partial charge in [-0.15, -0.1) is 0 Å². The summed E-state index contributed by atoms with van der Waals surface area (Å²) in [6.45, 7) is -0.0702. The predicted octanol–water partition coefficient (Wildman–Crippen LogP) is 1.72. The highest BCUT2D eigenvalue weighted by Gasteiger charge is 2.13. The maximum Gasteiger partial charge on any atom is 0.251 e. The molecule has 10 heteroatoms. The Morgan fingerprint density at radius 3 is 2.61 bits per heavy atom. The van der Waals surface area contributed by atoms with Crippen molar-refractivity contribution >= 4 is 23.3 Å². The Balaban J connectivity index is 1.52. The molecule has 0 unspecified atom stereocenters. The van der Waals surface area contributed by atoms with Gasteiger partial charge < -0.3 is 30.9 Å². The largest absolute Gasteiger partial charge is 0.504 e. The quantitative estimate of drug-likeness (QED) is 0.428. The van der Waals surface area contributed by atoms with Crippen LogP contribution in [0.25, 0.3) is 0 Å². The van der Waals surface area contributed by atoms with E-state index in [4.69, 9.17) is 15.2 Å². The van der Waals surface area contributed by atoms with Crippen molar-refractivity contribution in [2.24, 2.45) is 0 Å². The van der Waals surface area contributed by atoms with Gasteiger partial charge in [-0.25, -0.2) is 9.97 Å². The second kappa shape index (κ2) is 9.92. The van der Waals surface area contributed by atoms with Crippen LogP contribution in [0.2, 0.25) is 0 Å². The first-order chi connectivity index (χ1) is 15.0. The minimum Gasteiger partial charge on any atom is -0.504 e. The number of nitrogen functional groups attached to an aromatic ring is 1. The number of carbonyl (C=O) groups excluding carboxylic acids is 2. The van der Waals surface area contributed by atoms with E-state index in [0.717, 1.165) is 11.3 Å². The van der Waals surface area contributed by atoms with Crippen LogP contribution in [0.4, 0.5) is 11.5 Å². The van der Waals surface area contributed by atoms with E-state index in [1.54, 1.807) is 19.2 Å². The van der Waals surface area contributed by atoms with E-state index in [9.17, 15) is 14.7 Å². The first-order valence-corrected chi connectivity index (χ1v) is 9.18. The van der Waals surface area contributed by atoms with E-state index in [1.807, 2.05) is 12.1 Å². The number of phenolic OH excluding ortho intramolecular Hbond substituents is 1. The molecule has 0 aliphatic rings. The molecule has 0 saturated heterocycles. The molecule has 31 heavy (non-hydrogen) atoms. The van der Waals surface area contributed by atoms with Crippen molar-refractivity contribution in [1.82, 2.24) is 15.3 Å².